The molecule has 0 aromatic carbocycles. The second kappa shape index (κ2) is 15.0. The third kappa shape index (κ3) is 14.0. The molecular weight excluding hydrogens is 216 g/mol. The highest BCUT2D eigenvalue weighted by atomic mass is 35.5. The van der Waals surface area contributed by atoms with Crippen molar-refractivity contribution in [1.29, 1.82) is 0 Å². The van der Waals surface area contributed by atoms with Crippen LogP contribution in [0, 0.1) is 0 Å². The number of allylic oxidation sites excluding steroid dienone is 2. The normalized spacial score (nSPS) is 11.4. The first-order valence-electron chi connectivity index (χ1n) is 7.12. The van der Waals surface area contributed by atoms with Crippen molar-refractivity contribution in [3.05, 3.63) is 12.2 Å². The van der Waals surface area contributed by atoms with Gasteiger partial charge in [-0.05, 0) is 12.8 Å². The molecule has 0 aliphatic heterocycles. The molecule has 0 unspecified atom stereocenters. The maximum atomic E-state index is 5.55. The molecule has 0 aromatic heterocycles. The summed E-state index contributed by atoms with van der Waals surface area (Å²) in [6, 6.07) is 0. The smallest absolute Gasteiger partial charge is 0.0404 e. The number of halogens is 1. The van der Waals surface area contributed by atoms with Gasteiger partial charge >= 0.3 is 0 Å². The molecule has 0 bridgehead atoms. The van der Waals surface area contributed by atoms with E-state index in [2.05, 4.69) is 19.1 Å². The minimum absolute atomic E-state index is 0.664. The fraction of sp³-hybridized carbons (Fsp3) is 0.867. The average molecular weight is 245 g/mol. The van der Waals surface area contributed by atoms with Crippen LogP contribution in [0.4, 0.5) is 0 Å². The molecule has 0 nitrogen and oxygen atoms in total. The van der Waals surface area contributed by atoms with E-state index in [-0.39, 0.29) is 0 Å². The van der Waals surface area contributed by atoms with Crippen molar-refractivity contribution in [1.82, 2.24) is 0 Å². The monoisotopic (exact) mass is 244 g/mol. The molecule has 0 rings (SSSR count). The number of alkyl halides is 1. The lowest BCUT2D eigenvalue weighted by molar-refractivity contribution is 0.557. The molecule has 0 fully saturated rings. The van der Waals surface area contributed by atoms with Gasteiger partial charge in [0.25, 0.3) is 0 Å². The van der Waals surface area contributed by atoms with Gasteiger partial charge in [0.15, 0.2) is 0 Å². The fourth-order valence-corrected chi connectivity index (χ4v) is 2.06. The standard InChI is InChI=1S/C15H29Cl/c1-2-3-4-5-6-7-8-9-10-11-12-13-14-15-16/h13-14H,2-12,15H2,1H3. The Hall–Kier alpha value is 0.0300. The molecule has 0 amide bonds. The van der Waals surface area contributed by atoms with Gasteiger partial charge < -0.3 is 0 Å². The highest BCUT2D eigenvalue weighted by Gasteiger charge is 1.91. The van der Waals surface area contributed by atoms with Gasteiger partial charge in [0.2, 0.25) is 0 Å². The van der Waals surface area contributed by atoms with E-state index in [4.69, 9.17) is 11.6 Å². The molecule has 96 valence electrons. The molecule has 0 aliphatic carbocycles. The van der Waals surface area contributed by atoms with Crippen LogP contribution < -0.4 is 0 Å². The summed E-state index contributed by atoms with van der Waals surface area (Å²) in [6.45, 7) is 2.28. The number of rotatable bonds is 12. The number of unbranched alkanes of at least 4 members (excludes halogenated alkanes) is 10. The van der Waals surface area contributed by atoms with Crippen molar-refractivity contribution in [2.24, 2.45) is 0 Å². The predicted octanol–water partition coefficient (Wildman–Crippen LogP) is 6.09. The quantitative estimate of drug-likeness (QED) is 0.221. The average Bonchev–Trinajstić information content (AvgIpc) is 2.31. The Labute approximate surface area is 107 Å². The summed E-state index contributed by atoms with van der Waals surface area (Å²) < 4.78 is 0. The highest BCUT2D eigenvalue weighted by molar-refractivity contribution is 6.18. The summed E-state index contributed by atoms with van der Waals surface area (Å²) in [6.07, 6.45) is 19.6. The van der Waals surface area contributed by atoms with Crippen molar-refractivity contribution in [2.45, 2.75) is 77.6 Å². The van der Waals surface area contributed by atoms with E-state index in [0.717, 1.165) is 0 Å². The van der Waals surface area contributed by atoms with E-state index in [1.165, 1.54) is 70.6 Å². The van der Waals surface area contributed by atoms with Gasteiger partial charge in [-0.3, -0.25) is 0 Å². The van der Waals surface area contributed by atoms with Gasteiger partial charge in [0.05, 0.1) is 0 Å². The summed E-state index contributed by atoms with van der Waals surface area (Å²) in [7, 11) is 0. The highest BCUT2D eigenvalue weighted by Crippen LogP contribution is 2.11. The number of hydrogen-bond donors (Lipinski definition) is 0. The van der Waals surface area contributed by atoms with Crippen LogP contribution in [0.25, 0.3) is 0 Å². The zero-order valence-corrected chi connectivity index (χ0v) is 11.8. The van der Waals surface area contributed by atoms with E-state index in [1.54, 1.807) is 0 Å². The molecule has 0 heterocycles. The van der Waals surface area contributed by atoms with Crippen molar-refractivity contribution >= 4 is 11.6 Å². The SMILES string of the molecule is CCCCCCCCCCCCC=CCCl. The van der Waals surface area contributed by atoms with Crippen molar-refractivity contribution in [2.75, 3.05) is 5.88 Å². The third-order valence-electron chi connectivity index (χ3n) is 2.98. The fourth-order valence-electron chi connectivity index (χ4n) is 1.93. The zero-order chi connectivity index (χ0) is 11.9. The van der Waals surface area contributed by atoms with Gasteiger partial charge in [-0.2, -0.15) is 0 Å². The van der Waals surface area contributed by atoms with Crippen LogP contribution in [0.2, 0.25) is 0 Å². The summed E-state index contributed by atoms with van der Waals surface area (Å²) in [4.78, 5) is 0. The lowest BCUT2D eigenvalue weighted by Gasteiger charge is -2.01. The molecule has 0 saturated heterocycles. The summed E-state index contributed by atoms with van der Waals surface area (Å²) in [5.41, 5.74) is 0. The lowest BCUT2D eigenvalue weighted by atomic mass is 10.1. The second-order valence-corrected chi connectivity index (χ2v) is 4.90. The third-order valence-corrected chi connectivity index (χ3v) is 3.16. The topological polar surface area (TPSA) is 0 Å². The second-order valence-electron chi connectivity index (χ2n) is 4.60. The van der Waals surface area contributed by atoms with Crippen LogP contribution in [0.3, 0.4) is 0 Å². The zero-order valence-electron chi connectivity index (χ0n) is 11.0. The molecule has 0 N–H and O–H groups in total. The van der Waals surface area contributed by atoms with Crippen molar-refractivity contribution in [3.8, 4) is 0 Å². The predicted molar refractivity (Wildman–Crippen MR) is 76.3 cm³/mol. The Bertz CT molecular complexity index is 140. The van der Waals surface area contributed by atoms with E-state index in [9.17, 15) is 0 Å². The van der Waals surface area contributed by atoms with Crippen LogP contribution in [0.15, 0.2) is 12.2 Å². The van der Waals surface area contributed by atoms with Gasteiger partial charge in [-0.25, -0.2) is 0 Å². The first-order valence-corrected chi connectivity index (χ1v) is 7.66. The molecular formula is C15H29Cl. The van der Waals surface area contributed by atoms with E-state index in [1.807, 2.05) is 0 Å². The lowest BCUT2D eigenvalue weighted by Crippen LogP contribution is -1.81. The summed E-state index contributed by atoms with van der Waals surface area (Å²) in [5.74, 6) is 0.664. The maximum absolute atomic E-state index is 5.55. The first kappa shape index (κ1) is 16.0. The Morgan fingerprint density at radius 1 is 0.688 bits per heavy atom. The number of hydrogen-bond acceptors (Lipinski definition) is 0. The van der Waals surface area contributed by atoms with E-state index < -0.39 is 0 Å². The van der Waals surface area contributed by atoms with Crippen LogP contribution in [-0.4, -0.2) is 5.88 Å². The van der Waals surface area contributed by atoms with Gasteiger partial charge in [-0.1, -0.05) is 76.9 Å². The molecule has 16 heavy (non-hydrogen) atoms. The molecule has 0 saturated carbocycles. The Morgan fingerprint density at radius 3 is 1.69 bits per heavy atom. The molecule has 0 aromatic rings. The largest absolute Gasteiger partial charge is 0.122 e. The molecule has 0 radical (unpaired) electrons. The Kier molecular flexibility index (Phi) is 15.1. The Morgan fingerprint density at radius 2 is 1.19 bits per heavy atom. The molecule has 0 atom stereocenters. The van der Waals surface area contributed by atoms with Crippen molar-refractivity contribution < 1.29 is 0 Å². The van der Waals surface area contributed by atoms with Crippen LogP contribution >= 0.6 is 11.6 Å². The van der Waals surface area contributed by atoms with Crippen LogP contribution in [-0.2, 0) is 0 Å². The summed E-state index contributed by atoms with van der Waals surface area (Å²) in [5, 5.41) is 0. The van der Waals surface area contributed by atoms with E-state index in [0.29, 0.717) is 5.88 Å². The van der Waals surface area contributed by atoms with Crippen LogP contribution in [0.1, 0.15) is 77.6 Å². The Balaban J connectivity index is 2.90. The van der Waals surface area contributed by atoms with Crippen LogP contribution in [0.5, 0.6) is 0 Å². The van der Waals surface area contributed by atoms with Gasteiger partial charge in [-0.15, -0.1) is 11.6 Å². The molecule has 0 spiro atoms. The minimum atomic E-state index is 0.664. The van der Waals surface area contributed by atoms with Gasteiger partial charge in [0.1, 0.15) is 0 Å². The maximum Gasteiger partial charge on any atom is 0.0404 e. The summed E-state index contributed by atoms with van der Waals surface area (Å²) >= 11 is 5.55. The minimum Gasteiger partial charge on any atom is -0.122 e. The molecule has 0 aliphatic rings. The molecule has 1 heteroatoms. The van der Waals surface area contributed by atoms with E-state index >= 15 is 0 Å². The van der Waals surface area contributed by atoms with Gasteiger partial charge in [0, 0.05) is 5.88 Å². The van der Waals surface area contributed by atoms with Crippen molar-refractivity contribution in [3.63, 3.8) is 0 Å². The first-order chi connectivity index (χ1) is 7.91.